The Balaban J connectivity index is 1.22. The Bertz CT molecular complexity index is 1150. The summed E-state index contributed by atoms with van der Waals surface area (Å²) in [5, 5.41) is 12.2. The van der Waals surface area contributed by atoms with Crippen LogP contribution in [0, 0.1) is 0 Å². The van der Waals surface area contributed by atoms with Gasteiger partial charge in [0.25, 0.3) is 0 Å². The van der Waals surface area contributed by atoms with Crippen molar-refractivity contribution in [3.8, 4) is 11.1 Å². The number of carbonyl (C=O) groups is 2. The summed E-state index contributed by atoms with van der Waals surface area (Å²) in [5.41, 5.74) is 7.03. The van der Waals surface area contributed by atoms with Gasteiger partial charge in [0.05, 0.1) is 0 Å². The van der Waals surface area contributed by atoms with Crippen LogP contribution in [0.5, 0.6) is 0 Å². The van der Waals surface area contributed by atoms with E-state index in [0.29, 0.717) is 6.54 Å². The predicted octanol–water partition coefficient (Wildman–Crippen LogP) is 4.04. The van der Waals surface area contributed by atoms with Gasteiger partial charge < -0.3 is 15.2 Å². The lowest BCUT2D eigenvalue weighted by atomic mass is 9.98. The molecule has 6 heteroatoms. The number of fused-ring (bicyclic) bond motifs is 4. The maximum Gasteiger partial charge on any atom is 0.407 e. The lowest BCUT2D eigenvalue weighted by Crippen LogP contribution is -2.49. The minimum atomic E-state index is -1.07. The zero-order valence-corrected chi connectivity index (χ0v) is 18.2. The number of hydrogen-bond donors (Lipinski definition) is 2. The summed E-state index contributed by atoms with van der Waals surface area (Å²) in [6, 6.07) is 23.4. The van der Waals surface area contributed by atoms with Crippen LogP contribution in [0.4, 0.5) is 4.79 Å². The van der Waals surface area contributed by atoms with E-state index in [0.717, 1.165) is 35.2 Å². The van der Waals surface area contributed by atoms with Crippen LogP contribution in [-0.4, -0.2) is 47.8 Å². The Morgan fingerprint density at radius 3 is 2.21 bits per heavy atom. The van der Waals surface area contributed by atoms with E-state index in [4.69, 9.17) is 4.74 Å². The summed E-state index contributed by atoms with van der Waals surface area (Å²) in [4.78, 5) is 26.5. The molecule has 1 unspecified atom stereocenters. The molecular formula is C27H26N2O4. The van der Waals surface area contributed by atoms with E-state index in [2.05, 4.69) is 46.6 Å². The van der Waals surface area contributed by atoms with E-state index in [-0.39, 0.29) is 19.1 Å². The van der Waals surface area contributed by atoms with Gasteiger partial charge in [-0.25, -0.2) is 9.59 Å². The number of rotatable bonds is 6. The number of carboxylic acid groups (broad SMARTS) is 1. The van der Waals surface area contributed by atoms with Crippen LogP contribution in [0.15, 0.2) is 72.8 Å². The van der Waals surface area contributed by atoms with Gasteiger partial charge in [0, 0.05) is 25.6 Å². The van der Waals surface area contributed by atoms with Gasteiger partial charge >= 0.3 is 12.1 Å². The first-order chi connectivity index (χ1) is 16.1. The average molecular weight is 443 g/mol. The normalized spacial score (nSPS) is 15.8. The molecule has 2 N–H and O–H groups in total. The number of amides is 1. The molecule has 168 valence electrons. The molecule has 0 aromatic heterocycles. The van der Waals surface area contributed by atoms with Gasteiger partial charge in [-0.2, -0.15) is 0 Å². The lowest BCUT2D eigenvalue weighted by Gasteiger charge is -2.30. The van der Waals surface area contributed by atoms with Crippen LogP contribution in [0.1, 0.15) is 28.2 Å². The first-order valence-corrected chi connectivity index (χ1v) is 11.2. The van der Waals surface area contributed by atoms with Crippen molar-refractivity contribution in [3.63, 3.8) is 0 Å². The summed E-state index contributed by atoms with van der Waals surface area (Å²) in [5.74, 6) is -1.13. The Kier molecular flexibility index (Phi) is 5.84. The Labute approximate surface area is 192 Å². The molecule has 2 aliphatic rings. The minimum absolute atomic E-state index is 0.0648. The summed E-state index contributed by atoms with van der Waals surface area (Å²) in [6.45, 7) is 1.82. The highest BCUT2D eigenvalue weighted by molar-refractivity contribution is 5.81. The second-order valence-corrected chi connectivity index (χ2v) is 8.61. The van der Waals surface area contributed by atoms with E-state index in [1.807, 2.05) is 36.4 Å². The molecule has 33 heavy (non-hydrogen) atoms. The highest BCUT2D eigenvalue weighted by Gasteiger charge is 2.30. The number of alkyl carbamates (subject to hydrolysis) is 1. The smallest absolute Gasteiger partial charge is 0.407 e. The van der Waals surface area contributed by atoms with Crippen molar-refractivity contribution >= 4 is 12.1 Å². The summed E-state index contributed by atoms with van der Waals surface area (Å²) < 4.78 is 5.53. The molecule has 0 saturated heterocycles. The molecular weight excluding hydrogens is 416 g/mol. The fourth-order valence-corrected chi connectivity index (χ4v) is 4.94. The monoisotopic (exact) mass is 442 g/mol. The molecule has 0 fully saturated rings. The van der Waals surface area contributed by atoms with Gasteiger partial charge in [0.2, 0.25) is 0 Å². The summed E-state index contributed by atoms with van der Waals surface area (Å²) in [6.07, 6.45) is 0.162. The number of carbonyl (C=O) groups excluding carboxylic acids is 1. The number of aliphatic carboxylic acids is 1. The number of benzene rings is 3. The lowest BCUT2D eigenvalue weighted by molar-refractivity contribution is -0.140. The molecule has 0 radical (unpaired) electrons. The summed E-state index contributed by atoms with van der Waals surface area (Å²) >= 11 is 0. The van der Waals surface area contributed by atoms with Crippen molar-refractivity contribution in [2.24, 2.45) is 0 Å². The molecule has 1 amide bonds. The number of hydrogen-bond acceptors (Lipinski definition) is 4. The largest absolute Gasteiger partial charge is 0.480 e. The number of nitrogens with one attached hydrogen (secondary N) is 1. The van der Waals surface area contributed by atoms with Crippen molar-refractivity contribution in [1.82, 2.24) is 10.2 Å². The van der Waals surface area contributed by atoms with Crippen molar-refractivity contribution in [1.29, 1.82) is 0 Å². The van der Waals surface area contributed by atoms with E-state index in [1.165, 1.54) is 11.1 Å². The minimum Gasteiger partial charge on any atom is -0.480 e. The number of carboxylic acids is 1. The molecule has 3 aromatic rings. The van der Waals surface area contributed by atoms with E-state index in [9.17, 15) is 14.7 Å². The SMILES string of the molecule is O=C(NC(CN1CCc2ccccc2C1)C(=O)O)OCC1c2ccccc2-c2ccccc21. The predicted molar refractivity (Wildman–Crippen MR) is 125 cm³/mol. The Morgan fingerprint density at radius 1 is 0.939 bits per heavy atom. The third-order valence-electron chi connectivity index (χ3n) is 6.58. The fourth-order valence-electron chi connectivity index (χ4n) is 4.94. The topological polar surface area (TPSA) is 78.9 Å². The van der Waals surface area contributed by atoms with Crippen molar-refractivity contribution in [2.75, 3.05) is 19.7 Å². The molecule has 3 aromatic carbocycles. The molecule has 1 aliphatic carbocycles. The average Bonchev–Trinajstić information content (AvgIpc) is 3.16. The molecule has 1 atom stereocenters. The van der Waals surface area contributed by atoms with Crippen LogP contribution in [-0.2, 0) is 22.5 Å². The van der Waals surface area contributed by atoms with Gasteiger partial charge in [0.15, 0.2) is 0 Å². The zero-order chi connectivity index (χ0) is 22.8. The quantitative estimate of drug-likeness (QED) is 0.603. The van der Waals surface area contributed by atoms with Crippen molar-refractivity contribution in [3.05, 3.63) is 95.1 Å². The van der Waals surface area contributed by atoms with Crippen LogP contribution in [0.25, 0.3) is 11.1 Å². The van der Waals surface area contributed by atoms with Crippen LogP contribution >= 0.6 is 0 Å². The molecule has 0 bridgehead atoms. The molecule has 1 aliphatic heterocycles. The van der Waals surface area contributed by atoms with Crippen molar-refractivity contribution in [2.45, 2.75) is 24.9 Å². The van der Waals surface area contributed by atoms with E-state index >= 15 is 0 Å². The van der Waals surface area contributed by atoms with Gasteiger partial charge in [-0.05, 0) is 39.8 Å². The standard InChI is InChI=1S/C27H26N2O4/c30-26(31)25(16-29-14-13-18-7-1-2-8-19(18)15-29)28-27(32)33-17-24-22-11-5-3-9-20(22)21-10-4-6-12-23(21)24/h1-12,24-25H,13-17H2,(H,28,32)(H,30,31). The van der Waals surface area contributed by atoms with Crippen molar-refractivity contribution < 1.29 is 19.4 Å². The molecule has 6 nitrogen and oxygen atoms in total. The summed E-state index contributed by atoms with van der Waals surface area (Å²) in [7, 11) is 0. The first-order valence-electron chi connectivity index (χ1n) is 11.2. The molecule has 0 spiro atoms. The Hall–Kier alpha value is -3.64. The van der Waals surface area contributed by atoms with Gasteiger partial charge in [-0.15, -0.1) is 0 Å². The van der Waals surface area contributed by atoms with E-state index < -0.39 is 18.1 Å². The van der Waals surface area contributed by atoms with Crippen LogP contribution in [0.3, 0.4) is 0 Å². The molecule has 1 heterocycles. The van der Waals surface area contributed by atoms with Crippen LogP contribution < -0.4 is 5.32 Å². The fraction of sp³-hybridized carbons (Fsp3) is 0.259. The maximum atomic E-state index is 12.6. The van der Waals surface area contributed by atoms with Gasteiger partial charge in [-0.3, -0.25) is 4.90 Å². The highest BCUT2D eigenvalue weighted by Crippen LogP contribution is 2.44. The highest BCUT2D eigenvalue weighted by atomic mass is 16.5. The molecule has 5 rings (SSSR count). The molecule has 0 saturated carbocycles. The maximum absolute atomic E-state index is 12.6. The van der Waals surface area contributed by atoms with Crippen LogP contribution in [0.2, 0.25) is 0 Å². The van der Waals surface area contributed by atoms with Gasteiger partial charge in [0.1, 0.15) is 12.6 Å². The van der Waals surface area contributed by atoms with E-state index in [1.54, 1.807) is 0 Å². The first kappa shape index (κ1) is 21.2. The second kappa shape index (κ2) is 9.08. The third-order valence-corrected chi connectivity index (χ3v) is 6.58. The third kappa shape index (κ3) is 4.34. The zero-order valence-electron chi connectivity index (χ0n) is 18.2. The van der Waals surface area contributed by atoms with Gasteiger partial charge in [-0.1, -0.05) is 72.8 Å². The Morgan fingerprint density at radius 2 is 1.55 bits per heavy atom. The number of nitrogens with zero attached hydrogens (tertiary/aromatic N) is 1. The number of ether oxygens (including phenoxy) is 1. The second-order valence-electron chi connectivity index (χ2n) is 8.61.